The highest BCUT2D eigenvalue weighted by Crippen LogP contribution is 2.01. The van der Waals surface area contributed by atoms with Crippen molar-refractivity contribution in [2.75, 3.05) is 6.54 Å². The first-order chi connectivity index (χ1) is 8.61. The molecule has 0 rings (SSSR count). The van der Waals surface area contributed by atoms with E-state index in [0.29, 0.717) is 13.0 Å². The van der Waals surface area contributed by atoms with Crippen molar-refractivity contribution in [1.29, 1.82) is 0 Å². The van der Waals surface area contributed by atoms with Crippen molar-refractivity contribution < 1.29 is 14.7 Å². The topological polar surface area (TPSA) is 78.4 Å². The molecule has 2 amide bonds. The van der Waals surface area contributed by atoms with E-state index >= 15 is 0 Å². The molecular formula is C13H26N2O3. The Morgan fingerprint density at radius 1 is 1.06 bits per heavy atom. The molecule has 0 aromatic rings. The van der Waals surface area contributed by atoms with Gasteiger partial charge in [0.05, 0.1) is 0 Å². The van der Waals surface area contributed by atoms with Gasteiger partial charge in [-0.15, -0.1) is 0 Å². The lowest BCUT2D eigenvalue weighted by Crippen LogP contribution is -2.46. The van der Waals surface area contributed by atoms with Crippen molar-refractivity contribution in [2.45, 2.75) is 64.8 Å². The summed E-state index contributed by atoms with van der Waals surface area (Å²) in [5, 5.41) is 14.1. The van der Waals surface area contributed by atoms with Crippen LogP contribution in [0.2, 0.25) is 0 Å². The van der Waals surface area contributed by atoms with Crippen LogP contribution in [-0.4, -0.2) is 29.7 Å². The lowest BCUT2D eigenvalue weighted by molar-refractivity contribution is -0.139. The van der Waals surface area contributed by atoms with E-state index in [1.165, 1.54) is 0 Å². The van der Waals surface area contributed by atoms with E-state index in [-0.39, 0.29) is 6.03 Å². The van der Waals surface area contributed by atoms with Crippen LogP contribution in [0.25, 0.3) is 0 Å². The molecule has 5 heteroatoms. The third-order valence-corrected chi connectivity index (χ3v) is 2.77. The van der Waals surface area contributed by atoms with E-state index in [4.69, 9.17) is 5.11 Å². The molecule has 3 N–H and O–H groups in total. The van der Waals surface area contributed by atoms with Crippen molar-refractivity contribution in [2.24, 2.45) is 0 Å². The summed E-state index contributed by atoms with van der Waals surface area (Å²) in [6.45, 7) is 4.73. The number of nitrogens with one attached hydrogen (secondary N) is 2. The van der Waals surface area contributed by atoms with Crippen LogP contribution < -0.4 is 10.6 Å². The molecule has 0 saturated carbocycles. The summed E-state index contributed by atoms with van der Waals surface area (Å²) >= 11 is 0. The van der Waals surface area contributed by atoms with E-state index in [1.807, 2.05) is 6.92 Å². The number of unbranched alkanes of at least 4 members (excludes halogenated alkanes) is 4. The Kier molecular flexibility index (Phi) is 10.1. The summed E-state index contributed by atoms with van der Waals surface area (Å²) in [5.41, 5.74) is 0. The smallest absolute Gasteiger partial charge is 0.326 e. The van der Waals surface area contributed by atoms with Gasteiger partial charge in [0, 0.05) is 6.54 Å². The molecular weight excluding hydrogens is 232 g/mol. The first-order valence-corrected chi connectivity index (χ1v) is 6.89. The molecule has 0 bridgehead atoms. The average Bonchev–Trinajstić information content (AvgIpc) is 2.33. The van der Waals surface area contributed by atoms with Crippen molar-refractivity contribution in [3.05, 3.63) is 0 Å². The van der Waals surface area contributed by atoms with Gasteiger partial charge in [0.2, 0.25) is 0 Å². The molecule has 1 atom stereocenters. The predicted molar refractivity (Wildman–Crippen MR) is 71.6 cm³/mol. The minimum absolute atomic E-state index is 0.380. The number of hydrogen-bond acceptors (Lipinski definition) is 2. The van der Waals surface area contributed by atoms with Gasteiger partial charge in [-0.25, -0.2) is 9.59 Å². The van der Waals surface area contributed by atoms with Crippen molar-refractivity contribution in [1.82, 2.24) is 10.6 Å². The SMILES string of the molecule is CCCCCCNC(=O)NC(CCCC)C(=O)O. The zero-order valence-corrected chi connectivity index (χ0v) is 11.5. The van der Waals surface area contributed by atoms with Gasteiger partial charge in [0.15, 0.2) is 0 Å². The molecule has 0 aromatic heterocycles. The highest BCUT2D eigenvalue weighted by atomic mass is 16.4. The Bertz CT molecular complexity index is 244. The summed E-state index contributed by atoms with van der Waals surface area (Å²) in [6, 6.07) is -1.16. The maximum Gasteiger partial charge on any atom is 0.326 e. The van der Waals surface area contributed by atoms with Crippen LogP contribution in [0, 0.1) is 0 Å². The number of aliphatic carboxylic acids is 1. The number of carbonyl (C=O) groups excluding carboxylic acids is 1. The number of carboxylic acids is 1. The van der Waals surface area contributed by atoms with Crippen molar-refractivity contribution >= 4 is 12.0 Å². The van der Waals surface area contributed by atoms with E-state index < -0.39 is 12.0 Å². The lowest BCUT2D eigenvalue weighted by Gasteiger charge is -2.14. The number of amides is 2. The highest BCUT2D eigenvalue weighted by Gasteiger charge is 2.18. The van der Waals surface area contributed by atoms with Crippen LogP contribution in [-0.2, 0) is 4.79 Å². The molecule has 0 spiro atoms. The minimum atomic E-state index is -0.968. The Hall–Kier alpha value is -1.26. The molecule has 106 valence electrons. The molecule has 5 nitrogen and oxygen atoms in total. The fraction of sp³-hybridized carbons (Fsp3) is 0.846. The van der Waals surface area contributed by atoms with Gasteiger partial charge in [0.1, 0.15) is 6.04 Å². The zero-order valence-electron chi connectivity index (χ0n) is 11.5. The Balaban J connectivity index is 3.77. The number of hydrogen-bond donors (Lipinski definition) is 3. The van der Waals surface area contributed by atoms with E-state index in [2.05, 4.69) is 17.6 Å². The molecule has 0 aliphatic carbocycles. The van der Waals surface area contributed by atoms with Gasteiger partial charge in [-0.05, 0) is 12.8 Å². The quantitative estimate of drug-likeness (QED) is 0.527. The molecule has 0 aromatic carbocycles. The molecule has 0 aliphatic rings. The van der Waals surface area contributed by atoms with Gasteiger partial charge in [0.25, 0.3) is 0 Å². The van der Waals surface area contributed by atoms with Crippen molar-refractivity contribution in [3.8, 4) is 0 Å². The van der Waals surface area contributed by atoms with E-state index in [9.17, 15) is 9.59 Å². The monoisotopic (exact) mass is 258 g/mol. The fourth-order valence-electron chi connectivity index (χ4n) is 1.63. The summed E-state index contributed by atoms with van der Waals surface area (Å²) in [4.78, 5) is 22.4. The average molecular weight is 258 g/mol. The first-order valence-electron chi connectivity index (χ1n) is 6.89. The van der Waals surface area contributed by atoms with Gasteiger partial charge >= 0.3 is 12.0 Å². The minimum Gasteiger partial charge on any atom is -0.480 e. The van der Waals surface area contributed by atoms with Gasteiger partial charge in [-0.2, -0.15) is 0 Å². The molecule has 0 heterocycles. The van der Waals surface area contributed by atoms with Gasteiger partial charge in [-0.3, -0.25) is 0 Å². The van der Waals surface area contributed by atoms with Crippen LogP contribution in [0.3, 0.4) is 0 Å². The van der Waals surface area contributed by atoms with E-state index in [1.54, 1.807) is 0 Å². The first kappa shape index (κ1) is 16.7. The largest absolute Gasteiger partial charge is 0.480 e. The predicted octanol–water partition coefficient (Wildman–Crippen LogP) is 2.51. The number of carboxylic acid groups (broad SMARTS) is 1. The number of urea groups is 1. The van der Waals surface area contributed by atoms with Crippen LogP contribution >= 0.6 is 0 Å². The van der Waals surface area contributed by atoms with Crippen LogP contribution in [0.1, 0.15) is 58.8 Å². The van der Waals surface area contributed by atoms with Crippen LogP contribution in [0.5, 0.6) is 0 Å². The third-order valence-electron chi connectivity index (χ3n) is 2.77. The molecule has 0 aliphatic heterocycles. The van der Waals surface area contributed by atoms with Gasteiger partial charge in [-0.1, -0.05) is 46.0 Å². The standard InChI is InChI=1S/C13H26N2O3/c1-3-5-7-8-10-14-13(18)15-11(12(16)17)9-6-4-2/h11H,3-10H2,1-2H3,(H,16,17)(H2,14,15,18). The molecule has 0 fully saturated rings. The maximum absolute atomic E-state index is 11.5. The maximum atomic E-state index is 11.5. The van der Waals surface area contributed by atoms with Crippen LogP contribution in [0.4, 0.5) is 4.79 Å². The van der Waals surface area contributed by atoms with Crippen molar-refractivity contribution in [3.63, 3.8) is 0 Å². The molecule has 0 radical (unpaired) electrons. The number of rotatable bonds is 10. The summed E-state index contributed by atoms with van der Waals surface area (Å²) in [5.74, 6) is -0.968. The summed E-state index contributed by atoms with van der Waals surface area (Å²) in [6.07, 6.45) is 6.55. The van der Waals surface area contributed by atoms with Crippen LogP contribution in [0.15, 0.2) is 0 Å². The Labute approximate surface area is 109 Å². The zero-order chi connectivity index (χ0) is 13.8. The fourth-order valence-corrected chi connectivity index (χ4v) is 1.63. The normalized spacial score (nSPS) is 11.9. The second-order valence-corrected chi connectivity index (χ2v) is 4.49. The Morgan fingerprint density at radius 2 is 1.72 bits per heavy atom. The summed E-state index contributed by atoms with van der Waals surface area (Å²) < 4.78 is 0. The molecule has 1 unspecified atom stereocenters. The highest BCUT2D eigenvalue weighted by molar-refractivity contribution is 5.82. The lowest BCUT2D eigenvalue weighted by atomic mass is 10.1. The molecule has 0 saturated heterocycles. The molecule has 18 heavy (non-hydrogen) atoms. The second kappa shape index (κ2) is 10.9. The Morgan fingerprint density at radius 3 is 2.28 bits per heavy atom. The van der Waals surface area contributed by atoms with E-state index in [0.717, 1.165) is 38.5 Å². The number of carbonyl (C=O) groups is 2. The second-order valence-electron chi connectivity index (χ2n) is 4.49. The summed E-state index contributed by atoms with van der Waals surface area (Å²) in [7, 11) is 0. The third kappa shape index (κ3) is 8.84. The van der Waals surface area contributed by atoms with Gasteiger partial charge < -0.3 is 15.7 Å².